The minimum absolute atomic E-state index is 0.0476. The first kappa shape index (κ1) is 8.69. The molecule has 4 nitrogen and oxygen atoms in total. The highest BCUT2D eigenvalue weighted by atomic mass is 16.5. The third-order valence-corrected chi connectivity index (χ3v) is 2.19. The second-order valence-electron chi connectivity index (χ2n) is 4.41. The first-order valence-electron chi connectivity index (χ1n) is 4.59. The van der Waals surface area contributed by atoms with Gasteiger partial charge in [-0.1, -0.05) is 20.8 Å². The molecule has 0 unspecified atom stereocenters. The fourth-order valence-corrected chi connectivity index (χ4v) is 1.53. The lowest BCUT2D eigenvalue weighted by molar-refractivity contribution is 0.0519. The summed E-state index contributed by atoms with van der Waals surface area (Å²) in [6.07, 6.45) is 0.878. The molecule has 13 heavy (non-hydrogen) atoms. The third kappa shape index (κ3) is 1.46. The summed E-state index contributed by atoms with van der Waals surface area (Å²) < 4.78 is 7.45. The molecule has 1 aliphatic heterocycles. The monoisotopic (exact) mass is 181 g/mol. The van der Waals surface area contributed by atoms with Crippen molar-refractivity contribution in [3.05, 3.63) is 11.6 Å². The van der Waals surface area contributed by atoms with E-state index in [0.717, 1.165) is 24.7 Å². The Morgan fingerprint density at radius 3 is 2.77 bits per heavy atom. The van der Waals surface area contributed by atoms with E-state index in [0.29, 0.717) is 6.73 Å². The molecule has 72 valence electrons. The summed E-state index contributed by atoms with van der Waals surface area (Å²) in [5.41, 5.74) is 0.0476. The van der Waals surface area contributed by atoms with Gasteiger partial charge >= 0.3 is 0 Å². The van der Waals surface area contributed by atoms with E-state index >= 15 is 0 Å². The molecule has 1 aromatic heterocycles. The van der Waals surface area contributed by atoms with Crippen LogP contribution in [0.3, 0.4) is 0 Å². The maximum atomic E-state index is 5.37. The van der Waals surface area contributed by atoms with Crippen LogP contribution in [0.2, 0.25) is 0 Å². The zero-order valence-corrected chi connectivity index (χ0v) is 8.37. The summed E-state index contributed by atoms with van der Waals surface area (Å²) in [5.74, 6) is 2.07. The van der Waals surface area contributed by atoms with Crippen molar-refractivity contribution in [1.29, 1.82) is 0 Å². The summed E-state index contributed by atoms with van der Waals surface area (Å²) in [6, 6.07) is 0. The first-order valence-corrected chi connectivity index (χ1v) is 4.59. The van der Waals surface area contributed by atoms with Gasteiger partial charge in [-0.15, -0.1) is 10.2 Å². The number of hydrogen-bond donors (Lipinski definition) is 0. The molecule has 1 aliphatic rings. The second kappa shape index (κ2) is 2.80. The van der Waals surface area contributed by atoms with Crippen molar-refractivity contribution in [2.45, 2.75) is 39.3 Å². The Morgan fingerprint density at radius 2 is 2.08 bits per heavy atom. The van der Waals surface area contributed by atoms with E-state index in [2.05, 4.69) is 35.5 Å². The summed E-state index contributed by atoms with van der Waals surface area (Å²) in [7, 11) is 0. The predicted octanol–water partition coefficient (Wildman–Crippen LogP) is 1.11. The van der Waals surface area contributed by atoms with E-state index in [9.17, 15) is 0 Å². The van der Waals surface area contributed by atoms with E-state index in [1.165, 1.54) is 0 Å². The van der Waals surface area contributed by atoms with Crippen molar-refractivity contribution in [2.24, 2.45) is 0 Å². The van der Waals surface area contributed by atoms with Crippen LogP contribution in [-0.2, 0) is 23.3 Å². The minimum atomic E-state index is 0.0476. The van der Waals surface area contributed by atoms with E-state index in [1.54, 1.807) is 0 Å². The average molecular weight is 181 g/mol. The Labute approximate surface area is 77.9 Å². The van der Waals surface area contributed by atoms with Crippen LogP contribution in [-0.4, -0.2) is 21.4 Å². The highest BCUT2D eigenvalue weighted by molar-refractivity contribution is 5.06. The Hall–Kier alpha value is -0.900. The molecule has 0 radical (unpaired) electrons. The topological polar surface area (TPSA) is 39.9 Å². The van der Waals surface area contributed by atoms with Crippen LogP contribution in [0.5, 0.6) is 0 Å². The molecule has 0 amide bonds. The molecule has 1 aromatic rings. The standard InChI is InChI=1S/C9H15N3O/c1-9(2,3)8-11-10-7-4-5-13-6-12(7)8/h4-6H2,1-3H3. The lowest BCUT2D eigenvalue weighted by atomic mass is 9.96. The molecule has 0 aromatic carbocycles. The molecule has 0 saturated carbocycles. The molecule has 0 saturated heterocycles. The van der Waals surface area contributed by atoms with E-state index in [-0.39, 0.29) is 5.41 Å². The van der Waals surface area contributed by atoms with Gasteiger partial charge in [0.2, 0.25) is 0 Å². The molecule has 4 heteroatoms. The van der Waals surface area contributed by atoms with Crippen LogP contribution in [0.25, 0.3) is 0 Å². The van der Waals surface area contributed by atoms with Crippen molar-refractivity contribution < 1.29 is 4.74 Å². The van der Waals surface area contributed by atoms with Crippen molar-refractivity contribution in [2.75, 3.05) is 6.61 Å². The second-order valence-corrected chi connectivity index (χ2v) is 4.41. The molecule has 2 heterocycles. The first-order chi connectivity index (χ1) is 6.09. The van der Waals surface area contributed by atoms with Crippen LogP contribution in [0.15, 0.2) is 0 Å². The largest absolute Gasteiger partial charge is 0.360 e. The zero-order chi connectivity index (χ0) is 9.47. The van der Waals surface area contributed by atoms with E-state index < -0.39 is 0 Å². The van der Waals surface area contributed by atoms with Gasteiger partial charge < -0.3 is 4.74 Å². The lowest BCUT2D eigenvalue weighted by Crippen LogP contribution is -2.24. The molecule has 0 spiro atoms. The summed E-state index contributed by atoms with van der Waals surface area (Å²) >= 11 is 0. The van der Waals surface area contributed by atoms with Crippen LogP contribution < -0.4 is 0 Å². The smallest absolute Gasteiger partial charge is 0.140 e. The molecule has 0 atom stereocenters. The molecule has 0 bridgehead atoms. The normalized spacial score (nSPS) is 17.2. The summed E-state index contributed by atoms with van der Waals surface area (Å²) in [5, 5.41) is 8.36. The van der Waals surface area contributed by atoms with Gasteiger partial charge in [-0.25, -0.2) is 0 Å². The average Bonchev–Trinajstić information content (AvgIpc) is 2.45. The van der Waals surface area contributed by atoms with Gasteiger partial charge in [-0.05, 0) is 0 Å². The van der Waals surface area contributed by atoms with E-state index in [4.69, 9.17) is 4.74 Å². The number of nitrogens with zero attached hydrogens (tertiary/aromatic N) is 3. The predicted molar refractivity (Wildman–Crippen MR) is 48.4 cm³/mol. The van der Waals surface area contributed by atoms with Gasteiger partial charge in [0, 0.05) is 11.8 Å². The van der Waals surface area contributed by atoms with Crippen molar-refractivity contribution in [1.82, 2.24) is 14.8 Å². The number of rotatable bonds is 0. The maximum absolute atomic E-state index is 5.37. The number of ether oxygens (including phenoxy) is 1. The molecule has 2 rings (SSSR count). The fraction of sp³-hybridized carbons (Fsp3) is 0.778. The van der Waals surface area contributed by atoms with Gasteiger partial charge in [-0.2, -0.15) is 0 Å². The fourth-order valence-electron chi connectivity index (χ4n) is 1.53. The highest BCUT2D eigenvalue weighted by Gasteiger charge is 2.25. The SMILES string of the molecule is CC(C)(C)c1nnc2n1COCC2. The van der Waals surface area contributed by atoms with Crippen LogP contribution >= 0.6 is 0 Å². The molecule has 0 aliphatic carbocycles. The van der Waals surface area contributed by atoms with Crippen LogP contribution in [0.4, 0.5) is 0 Å². The van der Waals surface area contributed by atoms with Gasteiger partial charge in [0.05, 0.1) is 6.61 Å². The van der Waals surface area contributed by atoms with Gasteiger partial charge in [0.1, 0.15) is 18.4 Å². The summed E-state index contributed by atoms with van der Waals surface area (Å²) in [4.78, 5) is 0. The molecular weight excluding hydrogens is 166 g/mol. The number of fused-ring (bicyclic) bond motifs is 1. The van der Waals surface area contributed by atoms with Gasteiger partial charge in [0.25, 0.3) is 0 Å². The van der Waals surface area contributed by atoms with Gasteiger partial charge in [0.15, 0.2) is 0 Å². The van der Waals surface area contributed by atoms with Crippen LogP contribution in [0.1, 0.15) is 32.4 Å². The molecule has 0 N–H and O–H groups in total. The van der Waals surface area contributed by atoms with Crippen molar-refractivity contribution in [3.8, 4) is 0 Å². The number of hydrogen-bond acceptors (Lipinski definition) is 3. The van der Waals surface area contributed by atoms with Crippen LogP contribution in [0, 0.1) is 0 Å². The Kier molecular flexibility index (Phi) is 1.87. The Balaban J connectivity index is 2.43. The zero-order valence-electron chi connectivity index (χ0n) is 8.37. The van der Waals surface area contributed by atoms with Gasteiger partial charge in [-0.3, -0.25) is 4.57 Å². The van der Waals surface area contributed by atoms with Crippen molar-refractivity contribution >= 4 is 0 Å². The Bertz CT molecular complexity index is 311. The van der Waals surface area contributed by atoms with Crippen molar-refractivity contribution in [3.63, 3.8) is 0 Å². The third-order valence-electron chi connectivity index (χ3n) is 2.19. The van der Waals surface area contributed by atoms with E-state index in [1.807, 2.05) is 0 Å². The minimum Gasteiger partial charge on any atom is -0.360 e. The Morgan fingerprint density at radius 1 is 1.31 bits per heavy atom. The summed E-state index contributed by atoms with van der Waals surface area (Å²) in [6.45, 7) is 7.79. The quantitative estimate of drug-likeness (QED) is 0.602. The molecular formula is C9H15N3O. The maximum Gasteiger partial charge on any atom is 0.140 e. The molecule has 0 fully saturated rings. The highest BCUT2D eigenvalue weighted by Crippen LogP contribution is 2.22. The number of aromatic nitrogens is 3. The lowest BCUT2D eigenvalue weighted by Gasteiger charge is -2.21.